The quantitative estimate of drug-likeness (QED) is 0.858. The molecule has 0 radical (unpaired) electrons. The fourth-order valence-corrected chi connectivity index (χ4v) is 2.54. The van der Waals surface area contributed by atoms with Gasteiger partial charge in [0.1, 0.15) is 0 Å². The average Bonchev–Trinajstić information content (AvgIpc) is 2.36. The zero-order chi connectivity index (χ0) is 13.3. The molecular weight excluding hydrogens is 232 g/mol. The summed E-state index contributed by atoms with van der Waals surface area (Å²) in [5.74, 6) is -2.11. The number of rotatable bonds is 3. The number of carboxylic acids is 1. The lowest BCUT2D eigenvalue weighted by molar-refractivity contribution is -0.170. The zero-order valence-electron chi connectivity index (χ0n) is 10.6. The largest absolute Gasteiger partial charge is 0.479 e. The Balaban J connectivity index is 2.49. The van der Waals surface area contributed by atoms with Gasteiger partial charge in [0, 0.05) is 5.92 Å². The van der Waals surface area contributed by atoms with Crippen molar-refractivity contribution in [1.29, 1.82) is 0 Å². The predicted molar refractivity (Wildman–Crippen MR) is 66.3 cm³/mol. The highest BCUT2D eigenvalue weighted by Crippen LogP contribution is 2.39. The van der Waals surface area contributed by atoms with Gasteiger partial charge in [0.2, 0.25) is 0 Å². The van der Waals surface area contributed by atoms with Gasteiger partial charge in [-0.2, -0.15) is 0 Å². The van der Waals surface area contributed by atoms with Crippen LogP contribution >= 0.6 is 0 Å². The van der Waals surface area contributed by atoms with Gasteiger partial charge in [0.15, 0.2) is 5.60 Å². The van der Waals surface area contributed by atoms with Crippen molar-refractivity contribution in [1.82, 2.24) is 0 Å². The van der Waals surface area contributed by atoms with Crippen LogP contribution in [0.2, 0.25) is 0 Å². The summed E-state index contributed by atoms with van der Waals surface area (Å²) in [6.07, 6.45) is 0. The topological polar surface area (TPSA) is 66.8 Å². The molecule has 2 N–H and O–H groups in total. The van der Waals surface area contributed by atoms with Gasteiger partial charge < -0.3 is 14.9 Å². The zero-order valence-corrected chi connectivity index (χ0v) is 10.6. The van der Waals surface area contributed by atoms with E-state index in [0.717, 1.165) is 11.1 Å². The lowest BCUT2D eigenvalue weighted by Gasteiger charge is -2.38. The fourth-order valence-electron chi connectivity index (χ4n) is 2.54. The average molecular weight is 250 g/mol. The van der Waals surface area contributed by atoms with Crippen molar-refractivity contribution < 1.29 is 19.7 Å². The molecule has 4 nitrogen and oxygen atoms in total. The summed E-state index contributed by atoms with van der Waals surface area (Å²) in [4.78, 5) is 11.5. The number of hydrogen-bond acceptors (Lipinski definition) is 3. The van der Waals surface area contributed by atoms with Crippen molar-refractivity contribution in [3.63, 3.8) is 0 Å². The maximum absolute atomic E-state index is 11.5. The smallest absolute Gasteiger partial charge is 0.336 e. The highest BCUT2D eigenvalue weighted by atomic mass is 16.5. The Bertz CT molecular complexity index is 455. The lowest BCUT2D eigenvalue weighted by Crippen LogP contribution is -2.51. The third-order valence-electron chi connectivity index (χ3n) is 3.73. The summed E-state index contributed by atoms with van der Waals surface area (Å²) in [5, 5.41) is 19.9. The first-order valence-electron chi connectivity index (χ1n) is 6.09. The molecule has 0 spiro atoms. The number of carboxylic acid groups (broad SMARTS) is 1. The van der Waals surface area contributed by atoms with Gasteiger partial charge in [-0.3, -0.25) is 0 Å². The van der Waals surface area contributed by atoms with E-state index in [1.165, 1.54) is 0 Å². The Kier molecular flexibility index (Phi) is 3.41. The van der Waals surface area contributed by atoms with E-state index in [1.54, 1.807) is 13.8 Å². The molecule has 98 valence electrons. The van der Waals surface area contributed by atoms with E-state index in [9.17, 15) is 15.0 Å². The van der Waals surface area contributed by atoms with Crippen molar-refractivity contribution in [3.05, 3.63) is 35.4 Å². The number of aliphatic hydroxyl groups is 1. The van der Waals surface area contributed by atoms with Crippen molar-refractivity contribution in [3.8, 4) is 0 Å². The molecule has 1 aliphatic heterocycles. The van der Waals surface area contributed by atoms with Gasteiger partial charge in [0.25, 0.3) is 0 Å². The molecule has 0 bridgehead atoms. The van der Waals surface area contributed by atoms with Crippen molar-refractivity contribution >= 4 is 5.97 Å². The minimum absolute atomic E-state index is 0.234. The fraction of sp³-hybridized carbons (Fsp3) is 0.500. The van der Waals surface area contributed by atoms with Gasteiger partial charge in [-0.1, -0.05) is 38.1 Å². The molecule has 1 aliphatic rings. The van der Waals surface area contributed by atoms with Crippen LogP contribution in [0, 0.1) is 5.92 Å². The SMILES string of the molecule is CC(C)C(O)(C(=O)O)C1COCc2ccccc21. The molecule has 1 aromatic rings. The number of carbonyl (C=O) groups is 1. The summed E-state index contributed by atoms with van der Waals surface area (Å²) < 4.78 is 5.43. The third-order valence-corrected chi connectivity index (χ3v) is 3.73. The molecule has 0 saturated heterocycles. The van der Waals surface area contributed by atoms with Crippen LogP contribution in [0.15, 0.2) is 24.3 Å². The van der Waals surface area contributed by atoms with E-state index in [4.69, 9.17) is 4.74 Å². The second kappa shape index (κ2) is 4.71. The van der Waals surface area contributed by atoms with E-state index in [0.29, 0.717) is 6.61 Å². The van der Waals surface area contributed by atoms with E-state index < -0.39 is 23.4 Å². The van der Waals surface area contributed by atoms with Gasteiger partial charge in [-0.25, -0.2) is 4.79 Å². The number of hydrogen-bond donors (Lipinski definition) is 2. The lowest BCUT2D eigenvalue weighted by atomic mass is 9.73. The normalized spacial score (nSPS) is 22.3. The second-order valence-corrected chi connectivity index (χ2v) is 5.05. The summed E-state index contributed by atoms with van der Waals surface area (Å²) in [5.41, 5.74) is 0.0349. The van der Waals surface area contributed by atoms with Crippen molar-refractivity contribution in [2.24, 2.45) is 5.92 Å². The van der Waals surface area contributed by atoms with Gasteiger partial charge in [0.05, 0.1) is 13.2 Å². The molecule has 2 atom stereocenters. The highest BCUT2D eigenvalue weighted by molar-refractivity contribution is 5.79. The Hall–Kier alpha value is -1.39. The summed E-state index contributed by atoms with van der Waals surface area (Å²) >= 11 is 0. The Morgan fingerprint density at radius 2 is 2.11 bits per heavy atom. The number of fused-ring (bicyclic) bond motifs is 1. The molecule has 1 aromatic carbocycles. The number of aliphatic carboxylic acids is 1. The highest BCUT2D eigenvalue weighted by Gasteiger charge is 2.49. The molecule has 1 heterocycles. The van der Waals surface area contributed by atoms with Crippen molar-refractivity contribution in [2.75, 3.05) is 6.61 Å². The molecule has 0 aromatic heterocycles. The minimum Gasteiger partial charge on any atom is -0.479 e. The molecule has 0 saturated carbocycles. The van der Waals surface area contributed by atoms with Gasteiger partial charge >= 0.3 is 5.97 Å². The second-order valence-electron chi connectivity index (χ2n) is 5.05. The van der Waals surface area contributed by atoms with E-state index in [-0.39, 0.29) is 6.61 Å². The van der Waals surface area contributed by atoms with Gasteiger partial charge in [-0.05, 0) is 17.0 Å². The summed E-state index contributed by atoms with van der Waals surface area (Å²) in [6, 6.07) is 7.53. The van der Waals surface area contributed by atoms with Crippen LogP contribution in [0.4, 0.5) is 0 Å². The van der Waals surface area contributed by atoms with E-state index in [1.807, 2.05) is 24.3 Å². The molecule has 0 fully saturated rings. The first-order chi connectivity index (χ1) is 8.48. The van der Waals surface area contributed by atoms with Crippen molar-refractivity contribution in [2.45, 2.75) is 32.0 Å². The van der Waals surface area contributed by atoms with Crippen LogP contribution < -0.4 is 0 Å². The summed E-state index contributed by atoms with van der Waals surface area (Å²) in [7, 11) is 0. The first kappa shape index (κ1) is 13.1. The number of ether oxygens (including phenoxy) is 1. The van der Waals surface area contributed by atoms with Crippen LogP contribution in [0.1, 0.15) is 30.9 Å². The molecule has 0 amide bonds. The monoisotopic (exact) mass is 250 g/mol. The molecule has 0 aliphatic carbocycles. The van der Waals surface area contributed by atoms with Gasteiger partial charge in [-0.15, -0.1) is 0 Å². The molecule has 2 unspecified atom stereocenters. The standard InChI is InChI=1S/C14H18O4/c1-9(2)14(17,13(15)16)12-8-18-7-10-5-3-4-6-11(10)12/h3-6,9,12,17H,7-8H2,1-2H3,(H,15,16). The Morgan fingerprint density at radius 1 is 1.44 bits per heavy atom. The molecule has 2 rings (SSSR count). The Morgan fingerprint density at radius 3 is 2.72 bits per heavy atom. The van der Waals surface area contributed by atoms with E-state index >= 15 is 0 Å². The van der Waals surface area contributed by atoms with Crippen LogP contribution in [0.5, 0.6) is 0 Å². The first-order valence-corrected chi connectivity index (χ1v) is 6.09. The third kappa shape index (κ3) is 1.91. The maximum atomic E-state index is 11.5. The maximum Gasteiger partial charge on any atom is 0.336 e. The van der Waals surface area contributed by atoms with E-state index in [2.05, 4.69) is 0 Å². The predicted octanol–water partition coefficient (Wildman–Crippen LogP) is 1.77. The molecule has 18 heavy (non-hydrogen) atoms. The number of benzene rings is 1. The van der Waals surface area contributed by atoms with Crippen LogP contribution in [0.3, 0.4) is 0 Å². The van der Waals surface area contributed by atoms with Crippen LogP contribution in [-0.2, 0) is 16.1 Å². The minimum atomic E-state index is -1.80. The van der Waals surface area contributed by atoms with Crippen LogP contribution in [-0.4, -0.2) is 28.4 Å². The Labute approximate surface area is 106 Å². The molecular formula is C14H18O4. The molecule has 4 heteroatoms. The van der Waals surface area contributed by atoms with Crippen LogP contribution in [0.25, 0.3) is 0 Å². The summed E-state index contributed by atoms with van der Waals surface area (Å²) in [6.45, 7) is 4.13.